The van der Waals surface area contributed by atoms with Crippen LogP contribution in [0.3, 0.4) is 0 Å². The van der Waals surface area contributed by atoms with Crippen molar-refractivity contribution in [1.29, 1.82) is 31.6 Å². The van der Waals surface area contributed by atoms with E-state index in [0.29, 0.717) is 0 Å². The van der Waals surface area contributed by atoms with Crippen LogP contribution in [0.25, 0.3) is 0 Å². The normalized spacial score (nSPS) is 0.857. The molecule has 0 aliphatic rings. The fourth-order valence-electron chi connectivity index (χ4n) is 0. The molecule has 0 fully saturated rings. The van der Waals surface area contributed by atoms with Crippen LogP contribution < -0.4 is 0 Å². The molecule has 0 aromatic rings. The summed E-state index contributed by atoms with van der Waals surface area (Å²) in [5.41, 5.74) is 0. The summed E-state index contributed by atoms with van der Waals surface area (Å²) in [5.74, 6) is 0. The SMILES string of the molecule is [C-]#N.[C-]#N.[C-]#N.[C-]#N.[C-]#N.[C-]#N.[Fe+3].[Ga+3]. The third kappa shape index (κ3) is 230. The molecular formula is C6FeGaN6. The van der Waals surface area contributed by atoms with Crippen LogP contribution in [0.4, 0.5) is 0 Å². The van der Waals surface area contributed by atoms with Crippen molar-refractivity contribution in [1.82, 2.24) is 0 Å². The maximum absolute atomic E-state index is 6.25. The molecule has 0 aliphatic heterocycles. The topological polar surface area (TPSA) is 143 Å². The van der Waals surface area contributed by atoms with Gasteiger partial charge in [-0.2, -0.15) is 0 Å². The van der Waals surface area contributed by atoms with Crippen LogP contribution in [-0.2, 0) is 17.1 Å². The summed E-state index contributed by atoms with van der Waals surface area (Å²) in [7, 11) is 0. The van der Waals surface area contributed by atoms with E-state index < -0.39 is 0 Å². The van der Waals surface area contributed by atoms with Crippen LogP contribution in [0.1, 0.15) is 0 Å². The maximum atomic E-state index is 6.25. The van der Waals surface area contributed by atoms with Crippen molar-refractivity contribution in [3.63, 3.8) is 0 Å². The van der Waals surface area contributed by atoms with Crippen LogP contribution in [0.15, 0.2) is 0 Å². The van der Waals surface area contributed by atoms with E-state index in [2.05, 4.69) is 0 Å². The predicted molar refractivity (Wildman–Crippen MR) is 35.6 cm³/mol. The third-order valence-corrected chi connectivity index (χ3v) is 0. The van der Waals surface area contributed by atoms with Crippen molar-refractivity contribution in [2.24, 2.45) is 0 Å². The molecule has 8 heteroatoms. The molecule has 0 unspecified atom stereocenters. The molecule has 0 N–H and O–H groups in total. The molecule has 0 aromatic heterocycles. The van der Waals surface area contributed by atoms with Gasteiger partial charge in [0.2, 0.25) is 0 Å². The number of nitrogens with zero attached hydrogens (tertiary/aromatic N) is 6. The minimum Gasteiger partial charge on any atom is -0.512 e. The van der Waals surface area contributed by atoms with E-state index in [0.717, 1.165) is 0 Å². The van der Waals surface area contributed by atoms with E-state index in [1.807, 2.05) is 0 Å². The number of hydrogen-bond acceptors (Lipinski definition) is 6. The Morgan fingerprint density at radius 1 is 0.357 bits per heavy atom. The van der Waals surface area contributed by atoms with Gasteiger partial charge in [0.1, 0.15) is 0 Å². The van der Waals surface area contributed by atoms with Gasteiger partial charge >= 0.3 is 36.9 Å². The van der Waals surface area contributed by atoms with Crippen molar-refractivity contribution in [2.75, 3.05) is 0 Å². The maximum Gasteiger partial charge on any atom is 3.00 e. The average molecular weight is 282 g/mol. The van der Waals surface area contributed by atoms with Gasteiger partial charge in [-0.15, -0.1) is 0 Å². The largest absolute Gasteiger partial charge is 3.00 e. The molecule has 0 amide bonds. The second-order valence-corrected chi connectivity index (χ2v) is 0. The van der Waals surface area contributed by atoms with Crippen LogP contribution in [0, 0.1) is 71.0 Å². The van der Waals surface area contributed by atoms with Crippen LogP contribution in [0.2, 0.25) is 0 Å². The summed E-state index contributed by atoms with van der Waals surface area (Å²) in [4.78, 5) is 0. The Labute approximate surface area is 108 Å². The summed E-state index contributed by atoms with van der Waals surface area (Å²) in [5, 5.41) is 37.5. The Morgan fingerprint density at radius 3 is 0.357 bits per heavy atom. The first-order valence-corrected chi connectivity index (χ1v) is 1.34. The smallest absolute Gasteiger partial charge is 0.512 e. The number of hydrogen-bond donors (Lipinski definition) is 0. The second-order valence-electron chi connectivity index (χ2n) is 0. The van der Waals surface area contributed by atoms with Gasteiger partial charge in [0.15, 0.2) is 0 Å². The summed E-state index contributed by atoms with van der Waals surface area (Å²) < 4.78 is 0. The Hall–Kier alpha value is -1.90. The first-order valence-electron chi connectivity index (χ1n) is 1.34. The fraction of sp³-hybridized carbons (Fsp3) is 0. The molecule has 6 nitrogen and oxygen atoms in total. The van der Waals surface area contributed by atoms with Gasteiger partial charge in [-0.1, -0.05) is 0 Å². The third-order valence-electron chi connectivity index (χ3n) is 0. The van der Waals surface area contributed by atoms with E-state index in [1.165, 1.54) is 0 Å². The van der Waals surface area contributed by atoms with Crippen molar-refractivity contribution in [2.45, 2.75) is 0 Å². The minimum atomic E-state index is 0. The Balaban J connectivity index is -0.00000000500. The molecular weight excluding hydrogens is 282 g/mol. The van der Waals surface area contributed by atoms with Gasteiger partial charge in [0.25, 0.3) is 0 Å². The minimum absolute atomic E-state index is 0. The first kappa shape index (κ1) is 88.8. The summed E-state index contributed by atoms with van der Waals surface area (Å²) in [6.45, 7) is 28.5. The molecule has 0 bridgehead atoms. The van der Waals surface area contributed by atoms with E-state index in [9.17, 15) is 0 Å². The van der Waals surface area contributed by atoms with Gasteiger partial charge in [-0.25, -0.2) is 0 Å². The zero-order valence-electron chi connectivity index (χ0n) is 6.61. The standard InChI is InChI=1S/6CN.Fe.Ga/c6*1-2;;/q6*-1;2*+3. The average Bonchev–Trinajstić information content (AvgIpc) is 2.33. The Morgan fingerprint density at radius 2 is 0.357 bits per heavy atom. The van der Waals surface area contributed by atoms with Gasteiger partial charge in [0, 0.05) is 0 Å². The van der Waals surface area contributed by atoms with E-state index in [-0.39, 0.29) is 36.9 Å². The summed E-state index contributed by atoms with van der Waals surface area (Å²) in [6.07, 6.45) is 0. The zero-order chi connectivity index (χ0) is 12.0. The van der Waals surface area contributed by atoms with E-state index in [1.54, 1.807) is 0 Å². The number of rotatable bonds is 0. The van der Waals surface area contributed by atoms with Crippen LogP contribution in [-0.4, -0.2) is 19.8 Å². The molecule has 0 saturated heterocycles. The zero-order valence-corrected chi connectivity index (χ0v) is 10.1. The quantitative estimate of drug-likeness (QED) is 0.458. The van der Waals surface area contributed by atoms with E-state index >= 15 is 0 Å². The van der Waals surface area contributed by atoms with Crippen molar-refractivity contribution >= 4 is 19.8 Å². The molecule has 1 radical (unpaired) electrons. The van der Waals surface area contributed by atoms with Crippen LogP contribution in [0.5, 0.6) is 0 Å². The molecule has 0 aliphatic carbocycles. The molecule has 0 saturated carbocycles. The monoisotopic (exact) mass is 281 g/mol. The van der Waals surface area contributed by atoms with Crippen molar-refractivity contribution < 1.29 is 17.1 Å². The van der Waals surface area contributed by atoms with E-state index in [4.69, 9.17) is 71.0 Å². The van der Waals surface area contributed by atoms with Gasteiger partial charge in [-0.05, 0) is 0 Å². The molecule has 0 heterocycles. The predicted octanol–water partition coefficient (Wildman–Crippen LogP) is 0.195. The summed E-state index contributed by atoms with van der Waals surface area (Å²) >= 11 is 0. The molecule has 65 valence electrons. The Bertz CT molecular complexity index is 97.3. The Kier molecular flexibility index (Phi) is 1980. The molecule has 0 atom stereocenters. The fourth-order valence-corrected chi connectivity index (χ4v) is 0. The van der Waals surface area contributed by atoms with Crippen LogP contribution >= 0.6 is 0 Å². The molecule has 14 heavy (non-hydrogen) atoms. The molecule has 0 aromatic carbocycles. The van der Waals surface area contributed by atoms with Gasteiger partial charge in [-0.3, -0.25) is 0 Å². The van der Waals surface area contributed by atoms with Gasteiger partial charge in [0.05, 0.1) is 0 Å². The second kappa shape index (κ2) is 312. The van der Waals surface area contributed by atoms with Crippen molar-refractivity contribution in [3.05, 3.63) is 39.4 Å². The van der Waals surface area contributed by atoms with Crippen molar-refractivity contribution in [3.8, 4) is 0 Å². The summed E-state index contributed by atoms with van der Waals surface area (Å²) in [6, 6.07) is 0. The molecule has 0 spiro atoms. The first-order chi connectivity index (χ1) is 6.00. The molecule has 0 rings (SSSR count). The van der Waals surface area contributed by atoms with Gasteiger partial charge < -0.3 is 71.0 Å².